The quantitative estimate of drug-likeness (QED) is 0.711. The van der Waals surface area contributed by atoms with Gasteiger partial charge in [0.15, 0.2) is 0 Å². The molecule has 0 bridgehead atoms. The second-order valence-electron chi connectivity index (χ2n) is 7.62. The zero-order valence-corrected chi connectivity index (χ0v) is 17.3. The number of likely N-dealkylation sites (tertiary alicyclic amines) is 1. The largest absolute Gasteiger partial charge is 0.356 e. The van der Waals surface area contributed by atoms with E-state index in [1.807, 2.05) is 43.0 Å². The Morgan fingerprint density at radius 2 is 1.96 bits per heavy atom. The minimum Gasteiger partial charge on any atom is -0.356 e. The molecule has 1 aromatic rings. The number of anilines is 1. The number of rotatable bonds is 8. The summed E-state index contributed by atoms with van der Waals surface area (Å²) < 4.78 is 0. The van der Waals surface area contributed by atoms with Crippen molar-refractivity contribution >= 4 is 17.5 Å². The summed E-state index contributed by atoms with van der Waals surface area (Å²) in [6.45, 7) is 10.7. The SMILES string of the molecule is CCCCNC(=O)C1CCC(C)N(CC(=O)N(CC)c2ccccc2C)C1. The molecule has 1 saturated heterocycles. The Morgan fingerprint density at radius 3 is 2.63 bits per heavy atom. The number of hydrogen-bond acceptors (Lipinski definition) is 3. The minimum absolute atomic E-state index is 0.0144. The fraction of sp³-hybridized carbons (Fsp3) is 0.636. The summed E-state index contributed by atoms with van der Waals surface area (Å²) in [5.74, 6) is 0.226. The van der Waals surface area contributed by atoms with Crippen molar-refractivity contribution in [2.75, 3.05) is 31.1 Å². The molecule has 5 heteroatoms. The van der Waals surface area contributed by atoms with Crippen molar-refractivity contribution < 1.29 is 9.59 Å². The number of hydrogen-bond donors (Lipinski definition) is 1. The highest BCUT2D eigenvalue weighted by Gasteiger charge is 2.31. The topological polar surface area (TPSA) is 52.7 Å². The summed E-state index contributed by atoms with van der Waals surface area (Å²) in [6, 6.07) is 8.32. The van der Waals surface area contributed by atoms with Gasteiger partial charge in [-0.05, 0) is 51.7 Å². The van der Waals surface area contributed by atoms with Gasteiger partial charge in [-0.25, -0.2) is 0 Å². The number of para-hydroxylation sites is 1. The van der Waals surface area contributed by atoms with E-state index in [1.54, 1.807) is 0 Å². The Labute approximate surface area is 164 Å². The van der Waals surface area contributed by atoms with E-state index in [0.29, 0.717) is 25.7 Å². The van der Waals surface area contributed by atoms with E-state index in [9.17, 15) is 9.59 Å². The van der Waals surface area contributed by atoms with Crippen LogP contribution in [0.3, 0.4) is 0 Å². The molecule has 2 amide bonds. The second-order valence-corrected chi connectivity index (χ2v) is 7.62. The Bertz CT molecular complexity index is 632. The van der Waals surface area contributed by atoms with Gasteiger partial charge in [0.1, 0.15) is 0 Å². The molecule has 2 atom stereocenters. The molecular formula is C22H35N3O2. The molecule has 0 aliphatic carbocycles. The normalized spacial score (nSPS) is 20.3. The van der Waals surface area contributed by atoms with Crippen LogP contribution < -0.4 is 10.2 Å². The fourth-order valence-electron chi connectivity index (χ4n) is 3.75. The molecule has 1 N–H and O–H groups in total. The van der Waals surface area contributed by atoms with Crippen molar-refractivity contribution in [2.24, 2.45) is 5.92 Å². The minimum atomic E-state index is -0.0144. The van der Waals surface area contributed by atoms with Crippen molar-refractivity contribution in [1.29, 1.82) is 0 Å². The van der Waals surface area contributed by atoms with Gasteiger partial charge in [-0.15, -0.1) is 0 Å². The third-order valence-corrected chi connectivity index (χ3v) is 5.57. The predicted molar refractivity (Wildman–Crippen MR) is 111 cm³/mol. The van der Waals surface area contributed by atoms with Crippen molar-refractivity contribution in [3.8, 4) is 0 Å². The highest BCUT2D eigenvalue weighted by Crippen LogP contribution is 2.24. The Kier molecular flexibility index (Phi) is 8.29. The molecule has 0 spiro atoms. The summed E-state index contributed by atoms with van der Waals surface area (Å²) in [7, 11) is 0. The molecule has 1 fully saturated rings. The van der Waals surface area contributed by atoms with Crippen LogP contribution in [0.5, 0.6) is 0 Å². The number of nitrogens with one attached hydrogen (secondary N) is 1. The summed E-state index contributed by atoms with van der Waals surface area (Å²) in [5.41, 5.74) is 2.08. The zero-order chi connectivity index (χ0) is 19.8. The lowest BCUT2D eigenvalue weighted by Gasteiger charge is -2.38. The molecule has 1 aliphatic rings. The van der Waals surface area contributed by atoms with Crippen molar-refractivity contribution in [3.63, 3.8) is 0 Å². The Balaban J connectivity index is 2.00. The lowest BCUT2D eigenvalue weighted by atomic mass is 9.92. The van der Waals surface area contributed by atoms with Crippen LogP contribution in [-0.2, 0) is 9.59 Å². The van der Waals surface area contributed by atoms with Crippen LogP contribution >= 0.6 is 0 Å². The summed E-state index contributed by atoms with van der Waals surface area (Å²) in [6.07, 6.45) is 3.95. The van der Waals surface area contributed by atoms with Crippen LogP contribution in [0, 0.1) is 12.8 Å². The first kappa shape index (κ1) is 21.4. The van der Waals surface area contributed by atoms with Crippen molar-refractivity contribution in [3.05, 3.63) is 29.8 Å². The molecule has 0 aromatic heterocycles. The van der Waals surface area contributed by atoms with Gasteiger partial charge >= 0.3 is 0 Å². The number of carbonyl (C=O) groups excluding carboxylic acids is 2. The number of unbranched alkanes of at least 4 members (excludes halogenated alkanes) is 1. The second kappa shape index (κ2) is 10.5. The zero-order valence-electron chi connectivity index (χ0n) is 17.3. The molecular weight excluding hydrogens is 338 g/mol. The third-order valence-electron chi connectivity index (χ3n) is 5.57. The number of likely N-dealkylation sites (N-methyl/N-ethyl adjacent to an activating group) is 1. The number of benzene rings is 1. The molecule has 27 heavy (non-hydrogen) atoms. The van der Waals surface area contributed by atoms with Gasteiger partial charge in [-0.1, -0.05) is 31.5 Å². The van der Waals surface area contributed by atoms with Crippen LogP contribution in [-0.4, -0.2) is 48.9 Å². The van der Waals surface area contributed by atoms with Crippen LogP contribution in [0.4, 0.5) is 5.69 Å². The van der Waals surface area contributed by atoms with Gasteiger partial charge in [-0.2, -0.15) is 0 Å². The van der Waals surface area contributed by atoms with Gasteiger partial charge in [0.05, 0.1) is 12.5 Å². The number of piperidine rings is 1. The number of nitrogens with zero attached hydrogens (tertiary/aromatic N) is 2. The van der Waals surface area contributed by atoms with Crippen LogP contribution in [0.25, 0.3) is 0 Å². The van der Waals surface area contributed by atoms with E-state index in [0.717, 1.165) is 43.5 Å². The molecule has 0 radical (unpaired) electrons. The molecule has 2 rings (SSSR count). The highest BCUT2D eigenvalue weighted by molar-refractivity contribution is 5.95. The van der Waals surface area contributed by atoms with Crippen LogP contribution in [0.2, 0.25) is 0 Å². The van der Waals surface area contributed by atoms with E-state index in [2.05, 4.69) is 24.1 Å². The first-order valence-corrected chi connectivity index (χ1v) is 10.4. The highest BCUT2D eigenvalue weighted by atomic mass is 16.2. The number of carbonyl (C=O) groups is 2. The third kappa shape index (κ3) is 5.80. The molecule has 2 unspecified atom stereocenters. The average molecular weight is 374 g/mol. The van der Waals surface area contributed by atoms with E-state index in [-0.39, 0.29) is 17.7 Å². The van der Waals surface area contributed by atoms with Gasteiger partial charge < -0.3 is 10.2 Å². The maximum Gasteiger partial charge on any atom is 0.241 e. The molecule has 0 saturated carbocycles. The molecule has 1 aromatic carbocycles. The number of amides is 2. The Morgan fingerprint density at radius 1 is 1.22 bits per heavy atom. The summed E-state index contributed by atoms with van der Waals surface area (Å²) >= 11 is 0. The Hall–Kier alpha value is -1.88. The van der Waals surface area contributed by atoms with E-state index < -0.39 is 0 Å². The lowest BCUT2D eigenvalue weighted by Crippen LogP contribution is -2.51. The van der Waals surface area contributed by atoms with Crippen molar-refractivity contribution in [1.82, 2.24) is 10.2 Å². The van der Waals surface area contributed by atoms with E-state index in [1.165, 1.54) is 0 Å². The standard InChI is InChI=1S/C22H35N3O2/c1-5-7-14-23-22(27)19-13-12-18(4)24(15-19)16-21(26)25(6-2)20-11-9-8-10-17(20)3/h8-11,18-19H,5-7,12-16H2,1-4H3,(H,23,27). The van der Waals surface area contributed by atoms with Gasteiger partial charge in [-0.3, -0.25) is 14.5 Å². The maximum absolute atomic E-state index is 13.0. The van der Waals surface area contributed by atoms with Crippen molar-refractivity contribution in [2.45, 2.75) is 59.4 Å². The molecule has 1 aliphatic heterocycles. The van der Waals surface area contributed by atoms with E-state index in [4.69, 9.17) is 0 Å². The van der Waals surface area contributed by atoms with Gasteiger partial charge in [0.2, 0.25) is 11.8 Å². The van der Waals surface area contributed by atoms with Crippen LogP contribution in [0.1, 0.15) is 52.0 Å². The predicted octanol–water partition coefficient (Wildman–Crippen LogP) is 3.36. The van der Waals surface area contributed by atoms with Gasteiger partial charge in [0.25, 0.3) is 0 Å². The van der Waals surface area contributed by atoms with Crippen LogP contribution in [0.15, 0.2) is 24.3 Å². The molecule has 1 heterocycles. The first-order chi connectivity index (χ1) is 13.0. The summed E-state index contributed by atoms with van der Waals surface area (Å²) in [4.78, 5) is 29.5. The first-order valence-electron chi connectivity index (χ1n) is 10.4. The maximum atomic E-state index is 13.0. The molecule has 5 nitrogen and oxygen atoms in total. The lowest BCUT2D eigenvalue weighted by molar-refractivity contribution is -0.129. The average Bonchev–Trinajstić information content (AvgIpc) is 2.65. The van der Waals surface area contributed by atoms with Gasteiger partial charge in [0, 0.05) is 31.4 Å². The molecule has 150 valence electrons. The monoisotopic (exact) mass is 373 g/mol. The smallest absolute Gasteiger partial charge is 0.241 e. The fourth-order valence-corrected chi connectivity index (χ4v) is 3.75. The van der Waals surface area contributed by atoms with E-state index >= 15 is 0 Å². The number of aryl methyl sites for hydroxylation is 1. The summed E-state index contributed by atoms with van der Waals surface area (Å²) in [5, 5.41) is 3.05.